The summed E-state index contributed by atoms with van der Waals surface area (Å²) in [4.78, 5) is 0.225. The van der Waals surface area contributed by atoms with Gasteiger partial charge in [-0.1, -0.05) is 67.8 Å². The minimum atomic E-state index is -3.66. The lowest BCUT2D eigenvalue weighted by Gasteiger charge is -2.22. The first-order chi connectivity index (χ1) is 13.1. The largest absolute Gasteiger partial charge is 0.244 e. The Bertz CT molecular complexity index is 992. The first-order valence-electron chi connectivity index (χ1n) is 9.36. The van der Waals surface area contributed by atoms with Gasteiger partial charge in [0.2, 0.25) is 10.0 Å². The molecule has 27 heavy (non-hydrogen) atoms. The average molecular weight is 382 g/mol. The maximum Gasteiger partial charge on any atom is 0.244 e. The molecule has 0 radical (unpaired) electrons. The zero-order valence-corrected chi connectivity index (χ0v) is 15.9. The van der Waals surface area contributed by atoms with Gasteiger partial charge in [-0.3, -0.25) is 0 Å². The molecule has 2 aromatic carbocycles. The van der Waals surface area contributed by atoms with Crippen molar-refractivity contribution in [2.45, 2.75) is 43.0 Å². The SMILES string of the molecule is O=S(=O)(NC1CCCCC1)c1cn(-c2ccccc2)nc1-c1ccccc1. The summed E-state index contributed by atoms with van der Waals surface area (Å²) >= 11 is 0. The van der Waals surface area contributed by atoms with Crippen molar-refractivity contribution in [3.05, 3.63) is 66.9 Å². The smallest absolute Gasteiger partial charge is 0.239 e. The quantitative estimate of drug-likeness (QED) is 0.722. The highest BCUT2D eigenvalue weighted by Gasteiger charge is 2.27. The highest BCUT2D eigenvalue weighted by atomic mass is 32.2. The molecule has 1 aliphatic rings. The molecule has 1 aromatic heterocycles. The lowest BCUT2D eigenvalue weighted by atomic mass is 9.96. The highest BCUT2D eigenvalue weighted by Crippen LogP contribution is 2.28. The van der Waals surface area contributed by atoms with Crippen LogP contribution in [0.1, 0.15) is 32.1 Å². The molecule has 1 saturated carbocycles. The molecule has 0 saturated heterocycles. The molecule has 1 N–H and O–H groups in total. The van der Waals surface area contributed by atoms with Gasteiger partial charge in [0.05, 0.1) is 11.9 Å². The average Bonchev–Trinajstić information content (AvgIpc) is 3.16. The summed E-state index contributed by atoms with van der Waals surface area (Å²) in [6.07, 6.45) is 6.73. The third-order valence-corrected chi connectivity index (χ3v) is 6.49. The van der Waals surface area contributed by atoms with Gasteiger partial charge in [0.15, 0.2) is 0 Å². The summed E-state index contributed by atoms with van der Waals surface area (Å²) < 4.78 is 30.9. The third-order valence-electron chi connectivity index (χ3n) is 4.97. The minimum Gasteiger partial charge on any atom is -0.239 e. The molecule has 0 unspecified atom stereocenters. The van der Waals surface area contributed by atoms with Crippen LogP contribution in [-0.2, 0) is 10.0 Å². The Morgan fingerprint density at radius 1 is 0.889 bits per heavy atom. The molecule has 3 aromatic rings. The van der Waals surface area contributed by atoms with Crippen LogP contribution in [0.15, 0.2) is 71.8 Å². The predicted molar refractivity (Wildman–Crippen MR) is 106 cm³/mol. The van der Waals surface area contributed by atoms with E-state index in [9.17, 15) is 8.42 Å². The van der Waals surface area contributed by atoms with E-state index in [0.717, 1.165) is 36.9 Å². The molecule has 1 aliphatic carbocycles. The van der Waals surface area contributed by atoms with Crippen LogP contribution < -0.4 is 4.72 Å². The van der Waals surface area contributed by atoms with E-state index in [1.807, 2.05) is 60.7 Å². The van der Waals surface area contributed by atoms with E-state index in [2.05, 4.69) is 9.82 Å². The van der Waals surface area contributed by atoms with Crippen molar-refractivity contribution in [2.24, 2.45) is 0 Å². The van der Waals surface area contributed by atoms with Crippen LogP contribution in [0.3, 0.4) is 0 Å². The van der Waals surface area contributed by atoms with Crippen molar-refractivity contribution in [3.8, 4) is 16.9 Å². The van der Waals surface area contributed by atoms with E-state index in [-0.39, 0.29) is 10.9 Å². The zero-order chi connectivity index (χ0) is 18.7. The number of nitrogens with zero attached hydrogens (tertiary/aromatic N) is 2. The summed E-state index contributed by atoms with van der Waals surface area (Å²) in [6, 6.07) is 19.0. The standard InChI is InChI=1S/C21H23N3O2S/c25-27(26,23-18-12-6-2-7-13-18)20-16-24(19-14-8-3-9-15-19)22-21(20)17-10-4-1-5-11-17/h1,3-5,8-11,14-16,18,23H,2,6-7,12-13H2. The maximum absolute atomic E-state index is 13.2. The number of para-hydroxylation sites is 1. The summed E-state index contributed by atoms with van der Waals surface area (Å²) in [7, 11) is -3.66. The van der Waals surface area contributed by atoms with E-state index in [1.54, 1.807) is 10.9 Å². The van der Waals surface area contributed by atoms with Gasteiger partial charge in [-0.05, 0) is 25.0 Å². The monoisotopic (exact) mass is 381 g/mol. The Kier molecular flexibility index (Phi) is 5.09. The summed E-state index contributed by atoms with van der Waals surface area (Å²) in [5, 5.41) is 4.61. The number of hydrogen-bond acceptors (Lipinski definition) is 3. The number of aromatic nitrogens is 2. The molecule has 0 amide bonds. The Morgan fingerprint density at radius 3 is 2.19 bits per heavy atom. The highest BCUT2D eigenvalue weighted by molar-refractivity contribution is 7.89. The molecule has 140 valence electrons. The van der Waals surface area contributed by atoms with Crippen LogP contribution in [0.2, 0.25) is 0 Å². The van der Waals surface area contributed by atoms with E-state index in [4.69, 9.17) is 0 Å². The molecule has 4 rings (SSSR count). The van der Waals surface area contributed by atoms with Crippen LogP contribution >= 0.6 is 0 Å². The molecule has 6 heteroatoms. The molecule has 1 fully saturated rings. The molecular weight excluding hydrogens is 358 g/mol. The Hall–Kier alpha value is -2.44. The third kappa shape index (κ3) is 3.96. The van der Waals surface area contributed by atoms with Crippen LogP contribution in [-0.4, -0.2) is 24.2 Å². The number of nitrogens with one attached hydrogen (secondary N) is 1. The second kappa shape index (κ2) is 7.66. The number of hydrogen-bond donors (Lipinski definition) is 1. The fourth-order valence-corrected chi connectivity index (χ4v) is 5.02. The molecule has 0 aliphatic heterocycles. The van der Waals surface area contributed by atoms with Crippen LogP contribution in [0, 0.1) is 0 Å². The first kappa shape index (κ1) is 17.9. The topological polar surface area (TPSA) is 64.0 Å². The van der Waals surface area contributed by atoms with Gasteiger partial charge in [0.1, 0.15) is 10.6 Å². The van der Waals surface area contributed by atoms with Gasteiger partial charge < -0.3 is 0 Å². The van der Waals surface area contributed by atoms with Gasteiger partial charge in [-0.15, -0.1) is 0 Å². The van der Waals surface area contributed by atoms with E-state index >= 15 is 0 Å². The summed E-state index contributed by atoms with van der Waals surface area (Å²) in [5.41, 5.74) is 2.09. The van der Waals surface area contributed by atoms with Gasteiger partial charge in [0.25, 0.3) is 0 Å². The number of benzene rings is 2. The summed E-state index contributed by atoms with van der Waals surface area (Å²) in [6.45, 7) is 0. The Balaban J connectivity index is 1.77. The molecular formula is C21H23N3O2S. The van der Waals surface area contributed by atoms with Crippen molar-refractivity contribution in [3.63, 3.8) is 0 Å². The zero-order valence-electron chi connectivity index (χ0n) is 15.1. The van der Waals surface area contributed by atoms with Crippen molar-refractivity contribution in [1.82, 2.24) is 14.5 Å². The number of rotatable bonds is 5. The van der Waals surface area contributed by atoms with Crippen molar-refractivity contribution in [1.29, 1.82) is 0 Å². The molecule has 0 bridgehead atoms. The van der Waals surface area contributed by atoms with Gasteiger partial charge >= 0.3 is 0 Å². The molecule has 1 heterocycles. The fraction of sp³-hybridized carbons (Fsp3) is 0.286. The fourth-order valence-electron chi connectivity index (χ4n) is 3.57. The first-order valence-corrected chi connectivity index (χ1v) is 10.8. The molecule has 5 nitrogen and oxygen atoms in total. The predicted octanol–water partition coefficient (Wildman–Crippen LogP) is 4.15. The van der Waals surface area contributed by atoms with Crippen molar-refractivity contribution < 1.29 is 8.42 Å². The van der Waals surface area contributed by atoms with Crippen molar-refractivity contribution in [2.75, 3.05) is 0 Å². The van der Waals surface area contributed by atoms with Gasteiger partial charge in [-0.25, -0.2) is 17.8 Å². The van der Waals surface area contributed by atoms with Crippen molar-refractivity contribution >= 4 is 10.0 Å². The molecule has 0 atom stereocenters. The maximum atomic E-state index is 13.2. The Morgan fingerprint density at radius 2 is 1.52 bits per heavy atom. The lowest BCUT2D eigenvalue weighted by molar-refractivity contribution is 0.412. The minimum absolute atomic E-state index is 0.00690. The van der Waals surface area contributed by atoms with E-state index in [1.165, 1.54) is 6.42 Å². The van der Waals surface area contributed by atoms with Crippen LogP contribution in [0.25, 0.3) is 16.9 Å². The molecule has 0 spiro atoms. The van der Waals surface area contributed by atoms with Crippen LogP contribution in [0.5, 0.6) is 0 Å². The Labute approximate surface area is 160 Å². The van der Waals surface area contributed by atoms with E-state index in [0.29, 0.717) is 5.69 Å². The normalized spacial score (nSPS) is 15.7. The van der Waals surface area contributed by atoms with Gasteiger partial charge in [-0.2, -0.15) is 5.10 Å². The second-order valence-corrected chi connectivity index (χ2v) is 8.63. The second-order valence-electron chi connectivity index (χ2n) is 6.94. The van der Waals surface area contributed by atoms with Crippen LogP contribution in [0.4, 0.5) is 0 Å². The summed E-state index contributed by atoms with van der Waals surface area (Å²) in [5.74, 6) is 0. The van der Waals surface area contributed by atoms with E-state index < -0.39 is 10.0 Å². The van der Waals surface area contributed by atoms with Gasteiger partial charge in [0, 0.05) is 11.6 Å². The number of sulfonamides is 1. The lowest BCUT2D eigenvalue weighted by Crippen LogP contribution is -2.36.